The van der Waals surface area contributed by atoms with Crippen LogP contribution in [0.2, 0.25) is 0 Å². The van der Waals surface area contributed by atoms with Crippen LogP contribution >= 0.6 is 0 Å². The molecule has 4 heteroatoms. The van der Waals surface area contributed by atoms with Crippen LogP contribution in [0.4, 0.5) is 0 Å². The van der Waals surface area contributed by atoms with Crippen LogP contribution in [0.15, 0.2) is 17.6 Å². The van der Waals surface area contributed by atoms with E-state index in [1.54, 1.807) is 0 Å². The summed E-state index contributed by atoms with van der Waals surface area (Å²) >= 11 is 0. The van der Waals surface area contributed by atoms with Crippen molar-refractivity contribution in [3.05, 3.63) is 12.7 Å². The molecule has 0 fully saturated rings. The van der Waals surface area contributed by atoms with Gasteiger partial charge in [-0.15, -0.1) is 0 Å². The maximum atomic E-state index is 10.4. The number of aliphatic imine (C=N–C) groups is 1. The first-order chi connectivity index (χ1) is 4.20. The highest BCUT2D eigenvalue weighted by Crippen LogP contribution is 1.64. The summed E-state index contributed by atoms with van der Waals surface area (Å²) in [5.74, 6) is -0.252. The molecule has 0 aromatic carbocycles. The molecule has 0 rings (SSSR count). The van der Waals surface area contributed by atoms with Gasteiger partial charge in [0.15, 0.2) is 5.96 Å². The predicted octanol–water partition coefficient (Wildman–Crippen LogP) is -0.767. The molecular formula is C5H9N3O. The van der Waals surface area contributed by atoms with E-state index < -0.39 is 0 Å². The molecule has 0 aromatic rings. The number of hydrogen-bond acceptors (Lipinski definition) is 2. The van der Waals surface area contributed by atoms with Crippen molar-refractivity contribution >= 4 is 11.9 Å². The molecule has 9 heavy (non-hydrogen) atoms. The van der Waals surface area contributed by atoms with Crippen molar-refractivity contribution in [1.82, 2.24) is 5.32 Å². The maximum Gasteiger partial charge on any atom is 0.250 e. The fourth-order valence-electron chi connectivity index (χ4n) is 0.233. The number of carbonyl (C=O) groups excluding carboxylic acids is 1. The monoisotopic (exact) mass is 127 g/mol. The first-order valence-corrected chi connectivity index (χ1v) is 2.36. The summed E-state index contributed by atoms with van der Waals surface area (Å²) in [4.78, 5) is 13.9. The Morgan fingerprint density at radius 2 is 2.44 bits per heavy atom. The van der Waals surface area contributed by atoms with Gasteiger partial charge >= 0.3 is 0 Å². The van der Waals surface area contributed by atoms with Crippen LogP contribution in [-0.2, 0) is 4.79 Å². The third-order valence-electron chi connectivity index (χ3n) is 0.678. The van der Waals surface area contributed by atoms with Crippen molar-refractivity contribution in [2.45, 2.75) is 0 Å². The average molecular weight is 127 g/mol. The van der Waals surface area contributed by atoms with Gasteiger partial charge < -0.3 is 5.73 Å². The Bertz CT molecular complexity index is 150. The Kier molecular flexibility index (Phi) is 3.12. The number of carbonyl (C=O) groups is 1. The van der Waals surface area contributed by atoms with Crippen LogP contribution in [0.3, 0.4) is 0 Å². The molecule has 0 spiro atoms. The summed E-state index contributed by atoms with van der Waals surface area (Å²) in [5, 5.41) is 2.25. The van der Waals surface area contributed by atoms with E-state index in [0.717, 1.165) is 6.08 Å². The SMILES string of the molecule is C=CC(=O)NC(N)=NC. The molecule has 0 heterocycles. The summed E-state index contributed by atoms with van der Waals surface area (Å²) in [5.41, 5.74) is 5.12. The Morgan fingerprint density at radius 3 is 2.78 bits per heavy atom. The standard InChI is InChI=1S/C5H9N3O/c1-3-4(9)8-5(6)7-2/h3H,1H2,2H3,(H3,6,7,8,9). The van der Waals surface area contributed by atoms with Gasteiger partial charge in [-0.05, 0) is 6.08 Å². The molecule has 0 atom stereocenters. The van der Waals surface area contributed by atoms with Crippen LogP contribution in [-0.4, -0.2) is 18.9 Å². The van der Waals surface area contributed by atoms with E-state index in [1.165, 1.54) is 7.05 Å². The van der Waals surface area contributed by atoms with Crippen LogP contribution in [0.25, 0.3) is 0 Å². The molecule has 4 nitrogen and oxygen atoms in total. The largest absolute Gasteiger partial charge is 0.370 e. The first-order valence-electron chi connectivity index (χ1n) is 2.36. The van der Waals surface area contributed by atoms with Gasteiger partial charge in [-0.25, -0.2) is 0 Å². The second-order valence-electron chi connectivity index (χ2n) is 1.30. The number of guanidine groups is 1. The quantitative estimate of drug-likeness (QED) is 0.276. The molecule has 0 radical (unpaired) electrons. The lowest BCUT2D eigenvalue weighted by molar-refractivity contribution is -0.115. The van der Waals surface area contributed by atoms with E-state index in [-0.39, 0.29) is 11.9 Å². The Labute approximate surface area is 53.5 Å². The van der Waals surface area contributed by atoms with Gasteiger partial charge in [-0.3, -0.25) is 15.1 Å². The van der Waals surface area contributed by atoms with E-state index in [0.29, 0.717) is 0 Å². The number of nitrogens with zero attached hydrogens (tertiary/aromatic N) is 1. The van der Waals surface area contributed by atoms with Crippen LogP contribution < -0.4 is 11.1 Å². The van der Waals surface area contributed by atoms with Crippen molar-refractivity contribution in [1.29, 1.82) is 0 Å². The zero-order chi connectivity index (χ0) is 7.28. The minimum atomic E-state index is -0.349. The van der Waals surface area contributed by atoms with Crippen molar-refractivity contribution < 1.29 is 4.79 Å². The van der Waals surface area contributed by atoms with Crippen LogP contribution in [0.5, 0.6) is 0 Å². The molecule has 0 unspecified atom stereocenters. The molecule has 3 N–H and O–H groups in total. The molecule has 1 amide bonds. The highest BCUT2D eigenvalue weighted by molar-refractivity contribution is 6.01. The van der Waals surface area contributed by atoms with E-state index in [2.05, 4.69) is 16.9 Å². The van der Waals surface area contributed by atoms with Gasteiger partial charge in [0.1, 0.15) is 0 Å². The van der Waals surface area contributed by atoms with Crippen molar-refractivity contribution in [3.8, 4) is 0 Å². The summed E-state index contributed by atoms with van der Waals surface area (Å²) in [6, 6.07) is 0. The fraction of sp³-hybridized carbons (Fsp3) is 0.200. The fourth-order valence-corrected chi connectivity index (χ4v) is 0.233. The van der Waals surface area contributed by atoms with E-state index >= 15 is 0 Å². The number of nitrogens with one attached hydrogen (secondary N) is 1. The zero-order valence-corrected chi connectivity index (χ0v) is 5.22. The molecule has 0 aliphatic rings. The van der Waals surface area contributed by atoms with Gasteiger partial charge in [-0.1, -0.05) is 6.58 Å². The number of nitrogens with two attached hydrogens (primary N) is 1. The zero-order valence-electron chi connectivity index (χ0n) is 5.22. The molecule has 50 valence electrons. The Morgan fingerprint density at radius 1 is 1.89 bits per heavy atom. The van der Waals surface area contributed by atoms with Gasteiger partial charge in [0.25, 0.3) is 0 Å². The van der Waals surface area contributed by atoms with E-state index in [1.807, 2.05) is 0 Å². The third-order valence-corrected chi connectivity index (χ3v) is 0.678. The second-order valence-corrected chi connectivity index (χ2v) is 1.30. The van der Waals surface area contributed by atoms with E-state index in [4.69, 9.17) is 5.73 Å². The minimum absolute atomic E-state index is 0.0971. The average Bonchev–Trinajstić information content (AvgIpc) is 1.87. The number of amides is 1. The summed E-state index contributed by atoms with van der Waals surface area (Å²) in [7, 11) is 1.48. The maximum absolute atomic E-state index is 10.4. The lowest BCUT2D eigenvalue weighted by Gasteiger charge is -1.96. The molecule has 0 saturated carbocycles. The van der Waals surface area contributed by atoms with Gasteiger partial charge in [0.2, 0.25) is 5.91 Å². The number of hydrogen-bond donors (Lipinski definition) is 2. The third kappa shape index (κ3) is 3.28. The Balaban J connectivity index is 3.74. The molecule has 0 saturated heterocycles. The van der Waals surface area contributed by atoms with Gasteiger partial charge in [0.05, 0.1) is 0 Å². The lowest BCUT2D eigenvalue weighted by atomic mass is 10.6. The summed E-state index contributed by atoms with van der Waals surface area (Å²) in [6.45, 7) is 3.23. The second kappa shape index (κ2) is 3.65. The normalized spacial score (nSPS) is 10.6. The minimum Gasteiger partial charge on any atom is -0.370 e. The topological polar surface area (TPSA) is 67.5 Å². The first kappa shape index (κ1) is 7.68. The molecular weight excluding hydrogens is 118 g/mol. The highest BCUT2D eigenvalue weighted by Gasteiger charge is 1.92. The van der Waals surface area contributed by atoms with Crippen molar-refractivity contribution in [2.75, 3.05) is 7.05 Å². The van der Waals surface area contributed by atoms with Crippen molar-refractivity contribution in [2.24, 2.45) is 10.7 Å². The Hall–Kier alpha value is -1.32. The lowest BCUT2D eigenvalue weighted by Crippen LogP contribution is -2.35. The van der Waals surface area contributed by atoms with Crippen LogP contribution in [0, 0.1) is 0 Å². The molecule has 0 aliphatic heterocycles. The summed E-state index contributed by atoms with van der Waals surface area (Å²) < 4.78 is 0. The molecule has 0 aromatic heterocycles. The predicted molar refractivity (Wildman–Crippen MR) is 35.9 cm³/mol. The van der Waals surface area contributed by atoms with Gasteiger partial charge in [0, 0.05) is 7.05 Å². The molecule has 0 aliphatic carbocycles. The van der Waals surface area contributed by atoms with Crippen LogP contribution in [0.1, 0.15) is 0 Å². The number of rotatable bonds is 1. The van der Waals surface area contributed by atoms with Gasteiger partial charge in [-0.2, -0.15) is 0 Å². The smallest absolute Gasteiger partial charge is 0.250 e. The summed E-state index contributed by atoms with van der Waals surface area (Å²) in [6.07, 6.45) is 1.12. The highest BCUT2D eigenvalue weighted by atomic mass is 16.1. The van der Waals surface area contributed by atoms with Crippen molar-refractivity contribution in [3.63, 3.8) is 0 Å². The molecule has 0 bridgehead atoms. The van der Waals surface area contributed by atoms with E-state index in [9.17, 15) is 4.79 Å².